The van der Waals surface area contributed by atoms with Crippen LogP contribution in [-0.2, 0) is 14.6 Å². The Morgan fingerprint density at radius 3 is 2.75 bits per heavy atom. The standard InChI is InChI=1S/C10H12FNO3S/c11-9-5-7(12)1-2-10(9)16(13,14)8-3-4-15-6-8/h1-2,5,8H,3-4,6,12H2. The van der Waals surface area contributed by atoms with Gasteiger partial charge < -0.3 is 10.5 Å². The van der Waals surface area contributed by atoms with E-state index in [4.69, 9.17) is 10.5 Å². The van der Waals surface area contributed by atoms with Crippen molar-refractivity contribution in [2.45, 2.75) is 16.6 Å². The molecular weight excluding hydrogens is 233 g/mol. The maximum Gasteiger partial charge on any atom is 0.186 e. The van der Waals surface area contributed by atoms with Gasteiger partial charge in [-0.25, -0.2) is 12.8 Å². The Morgan fingerprint density at radius 1 is 1.44 bits per heavy atom. The van der Waals surface area contributed by atoms with Crippen molar-refractivity contribution in [3.8, 4) is 0 Å². The Bertz CT molecular complexity index is 495. The lowest BCUT2D eigenvalue weighted by atomic mass is 10.3. The van der Waals surface area contributed by atoms with Crippen LogP contribution in [0.3, 0.4) is 0 Å². The molecule has 88 valence electrons. The zero-order chi connectivity index (χ0) is 11.8. The maximum absolute atomic E-state index is 13.5. The number of nitrogens with two attached hydrogens (primary N) is 1. The van der Waals surface area contributed by atoms with Crippen molar-refractivity contribution < 1.29 is 17.5 Å². The van der Waals surface area contributed by atoms with E-state index in [-0.39, 0.29) is 17.2 Å². The highest BCUT2D eigenvalue weighted by Crippen LogP contribution is 2.25. The molecule has 1 fully saturated rings. The van der Waals surface area contributed by atoms with Crippen molar-refractivity contribution in [3.63, 3.8) is 0 Å². The minimum Gasteiger partial charge on any atom is -0.399 e. The second kappa shape index (κ2) is 4.03. The van der Waals surface area contributed by atoms with Gasteiger partial charge in [0.15, 0.2) is 9.84 Å². The van der Waals surface area contributed by atoms with E-state index in [2.05, 4.69) is 0 Å². The Hall–Kier alpha value is -1.14. The molecule has 0 amide bonds. The third kappa shape index (κ3) is 1.90. The zero-order valence-electron chi connectivity index (χ0n) is 8.52. The summed E-state index contributed by atoms with van der Waals surface area (Å²) in [4.78, 5) is -0.294. The number of hydrogen-bond donors (Lipinski definition) is 1. The number of nitrogen functional groups attached to an aromatic ring is 1. The van der Waals surface area contributed by atoms with E-state index in [9.17, 15) is 12.8 Å². The summed E-state index contributed by atoms with van der Waals surface area (Å²) >= 11 is 0. The van der Waals surface area contributed by atoms with Crippen molar-refractivity contribution in [3.05, 3.63) is 24.0 Å². The van der Waals surface area contributed by atoms with E-state index in [0.717, 1.165) is 6.07 Å². The zero-order valence-corrected chi connectivity index (χ0v) is 9.34. The first kappa shape index (κ1) is 11.3. The lowest BCUT2D eigenvalue weighted by Crippen LogP contribution is -2.22. The summed E-state index contributed by atoms with van der Waals surface area (Å²) in [5, 5.41) is -0.648. The monoisotopic (exact) mass is 245 g/mol. The van der Waals surface area contributed by atoms with Gasteiger partial charge in [0.05, 0.1) is 11.9 Å². The van der Waals surface area contributed by atoms with Gasteiger partial charge >= 0.3 is 0 Å². The molecule has 1 atom stereocenters. The largest absolute Gasteiger partial charge is 0.399 e. The first-order chi connectivity index (χ1) is 7.51. The third-order valence-corrected chi connectivity index (χ3v) is 4.78. The highest BCUT2D eigenvalue weighted by atomic mass is 32.2. The van der Waals surface area contributed by atoms with E-state index >= 15 is 0 Å². The van der Waals surface area contributed by atoms with E-state index in [1.807, 2.05) is 0 Å². The second-order valence-corrected chi connectivity index (χ2v) is 5.92. The smallest absolute Gasteiger partial charge is 0.186 e. The van der Waals surface area contributed by atoms with E-state index in [1.54, 1.807) is 0 Å². The molecule has 2 rings (SSSR count). The molecule has 0 aromatic heterocycles. The van der Waals surface area contributed by atoms with Crippen LogP contribution in [0.25, 0.3) is 0 Å². The molecule has 0 bridgehead atoms. The molecule has 1 heterocycles. The van der Waals surface area contributed by atoms with Crippen molar-refractivity contribution in [2.24, 2.45) is 0 Å². The average Bonchev–Trinajstić information content (AvgIpc) is 2.69. The summed E-state index contributed by atoms with van der Waals surface area (Å²) in [5.41, 5.74) is 5.57. The topological polar surface area (TPSA) is 69.4 Å². The summed E-state index contributed by atoms with van der Waals surface area (Å²) < 4.78 is 42.5. The van der Waals surface area contributed by atoms with Gasteiger partial charge in [0.2, 0.25) is 0 Å². The fourth-order valence-electron chi connectivity index (χ4n) is 1.69. The Balaban J connectivity index is 2.42. The fraction of sp³-hybridized carbons (Fsp3) is 0.400. The summed E-state index contributed by atoms with van der Waals surface area (Å²) in [6, 6.07) is 3.60. The Morgan fingerprint density at radius 2 is 2.19 bits per heavy atom. The van der Waals surface area contributed by atoms with Crippen molar-refractivity contribution in [1.82, 2.24) is 0 Å². The van der Waals surface area contributed by atoms with Gasteiger partial charge in [-0.05, 0) is 24.6 Å². The molecule has 1 aliphatic rings. The minimum absolute atomic E-state index is 0.131. The van der Waals surface area contributed by atoms with Crippen LogP contribution in [0, 0.1) is 5.82 Å². The number of rotatable bonds is 2. The van der Waals surface area contributed by atoms with E-state index in [1.165, 1.54) is 12.1 Å². The maximum atomic E-state index is 13.5. The molecule has 6 heteroatoms. The molecule has 0 radical (unpaired) electrons. The van der Waals surface area contributed by atoms with Crippen LogP contribution in [0.5, 0.6) is 0 Å². The van der Waals surface area contributed by atoms with Crippen LogP contribution in [0.15, 0.2) is 23.1 Å². The van der Waals surface area contributed by atoms with Crippen molar-refractivity contribution in [1.29, 1.82) is 0 Å². The Kier molecular flexibility index (Phi) is 2.86. The van der Waals surface area contributed by atoms with Gasteiger partial charge in [0, 0.05) is 12.3 Å². The van der Waals surface area contributed by atoms with Gasteiger partial charge in [-0.2, -0.15) is 0 Å². The normalized spacial score (nSPS) is 21.2. The molecule has 1 unspecified atom stereocenters. The Labute approximate surface area is 93.1 Å². The number of halogens is 1. The highest BCUT2D eigenvalue weighted by Gasteiger charge is 2.33. The predicted octanol–water partition coefficient (Wildman–Crippen LogP) is 0.971. The van der Waals surface area contributed by atoms with E-state index < -0.39 is 20.9 Å². The number of anilines is 1. The molecule has 0 spiro atoms. The average molecular weight is 245 g/mol. The molecule has 1 aliphatic heterocycles. The number of benzene rings is 1. The van der Waals surface area contributed by atoms with Crippen LogP contribution in [-0.4, -0.2) is 26.9 Å². The van der Waals surface area contributed by atoms with Gasteiger partial charge in [0.1, 0.15) is 10.7 Å². The molecule has 1 saturated heterocycles. The SMILES string of the molecule is Nc1ccc(S(=O)(=O)C2CCOC2)c(F)c1. The number of sulfone groups is 1. The molecule has 2 N–H and O–H groups in total. The highest BCUT2D eigenvalue weighted by molar-refractivity contribution is 7.92. The molecule has 4 nitrogen and oxygen atoms in total. The predicted molar refractivity (Wildman–Crippen MR) is 57.2 cm³/mol. The van der Waals surface area contributed by atoms with Crippen molar-refractivity contribution >= 4 is 15.5 Å². The lowest BCUT2D eigenvalue weighted by Gasteiger charge is -2.10. The van der Waals surface area contributed by atoms with Crippen LogP contribution in [0.4, 0.5) is 10.1 Å². The molecule has 1 aromatic carbocycles. The quantitative estimate of drug-likeness (QED) is 0.788. The fourth-order valence-corrected chi connectivity index (χ4v) is 3.31. The molecule has 16 heavy (non-hydrogen) atoms. The first-order valence-corrected chi connectivity index (χ1v) is 6.43. The lowest BCUT2D eigenvalue weighted by molar-refractivity contribution is 0.198. The number of ether oxygens (including phenoxy) is 1. The summed E-state index contributed by atoms with van der Waals surface area (Å²) in [7, 11) is -3.64. The van der Waals surface area contributed by atoms with Crippen LogP contribution >= 0.6 is 0 Å². The molecule has 1 aromatic rings. The second-order valence-electron chi connectivity index (χ2n) is 3.72. The summed E-state index contributed by atoms with van der Waals surface area (Å²) in [6.07, 6.45) is 0.409. The number of hydrogen-bond acceptors (Lipinski definition) is 4. The summed E-state index contributed by atoms with van der Waals surface area (Å²) in [5.74, 6) is -0.799. The third-order valence-electron chi connectivity index (χ3n) is 2.59. The van der Waals surface area contributed by atoms with Crippen LogP contribution in [0.1, 0.15) is 6.42 Å². The minimum atomic E-state index is -3.64. The van der Waals surface area contributed by atoms with Gasteiger partial charge in [-0.1, -0.05) is 0 Å². The first-order valence-electron chi connectivity index (χ1n) is 4.88. The van der Waals surface area contributed by atoms with Crippen molar-refractivity contribution in [2.75, 3.05) is 18.9 Å². The van der Waals surface area contributed by atoms with E-state index in [0.29, 0.717) is 13.0 Å². The molecule has 0 aliphatic carbocycles. The summed E-state index contributed by atoms with van der Waals surface area (Å²) in [6.45, 7) is 0.534. The van der Waals surface area contributed by atoms with Gasteiger partial charge in [-0.3, -0.25) is 0 Å². The van der Waals surface area contributed by atoms with Gasteiger partial charge in [0.25, 0.3) is 0 Å². The molecule has 0 saturated carbocycles. The van der Waals surface area contributed by atoms with Crippen LogP contribution < -0.4 is 5.73 Å². The van der Waals surface area contributed by atoms with Crippen LogP contribution in [0.2, 0.25) is 0 Å². The molecular formula is C10H12FNO3S. The van der Waals surface area contributed by atoms with Gasteiger partial charge in [-0.15, -0.1) is 0 Å².